The predicted molar refractivity (Wildman–Crippen MR) is 231 cm³/mol. The molecule has 8 rings (SSSR count). The highest BCUT2D eigenvalue weighted by Crippen LogP contribution is 2.37. The highest BCUT2D eigenvalue weighted by atomic mass is 32.2. The fourth-order valence-corrected chi connectivity index (χ4v) is 9.68. The molecule has 0 radical (unpaired) electrons. The maximum Gasteiger partial charge on any atom is 0.419 e. The first-order valence-corrected chi connectivity index (χ1v) is 22.3. The Labute approximate surface area is 372 Å². The highest BCUT2D eigenvalue weighted by molar-refractivity contribution is 7.97. The third-order valence-corrected chi connectivity index (χ3v) is 13.0. The summed E-state index contributed by atoms with van der Waals surface area (Å²) in [5, 5.41) is 19.3. The lowest BCUT2D eigenvalue weighted by Crippen LogP contribution is -2.52. The predicted octanol–water partition coefficient (Wildman–Crippen LogP) is 6.69. The molecule has 6 heterocycles. The number of alkyl halides is 3. The van der Waals surface area contributed by atoms with Gasteiger partial charge in [-0.2, -0.15) is 18.3 Å². The summed E-state index contributed by atoms with van der Waals surface area (Å²) in [6.45, 7) is 8.59. The zero-order valence-corrected chi connectivity index (χ0v) is 36.4. The largest absolute Gasteiger partial charge is 0.419 e. The number of halogens is 4. The van der Waals surface area contributed by atoms with Gasteiger partial charge in [0.05, 0.1) is 42.4 Å². The number of anilines is 2. The number of hydrogen-bond donors (Lipinski definition) is 3. The van der Waals surface area contributed by atoms with E-state index in [4.69, 9.17) is 4.74 Å². The van der Waals surface area contributed by atoms with Crippen LogP contribution in [-0.4, -0.2) is 114 Å². The van der Waals surface area contributed by atoms with E-state index in [1.165, 1.54) is 41.2 Å². The first-order valence-electron chi connectivity index (χ1n) is 21.5. The molecule has 4 aliphatic rings. The lowest BCUT2D eigenvalue weighted by molar-refractivity contribution is -0.138. The Morgan fingerprint density at radius 1 is 1.02 bits per heavy atom. The first-order chi connectivity index (χ1) is 30.6. The molecule has 4 aliphatic heterocycles. The van der Waals surface area contributed by atoms with Gasteiger partial charge < -0.3 is 25.0 Å². The van der Waals surface area contributed by atoms with E-state index in [1.54, 1.807) is 30.9 Å². The lowest BCUT2D eigenvalue weighted by atomic mass is 9.96. The van der Waals surface area contributed by atoms with Crippen LogP contribution in [-0.2, 0) is 33.6 Å². The number of carbonyl (C=O) groups is 3. The van der Waals surface area contributed by atoms with Crippen LogP contribution in [0.1, 0.15) is 79.4 Å². The fraction of sp³-hybridized carbons (Fsp3) is 0.467. The van der Waals surface area contributed by atoms with E-state index in [2.05, 4.69) is 34.9 Å². The number of fused-ring (bicyclic) bond motifs is 1. The topological polar surface area (TPSA) is 158 Å². The van der Waals surface area contributed by atoms with E-state index in [-0.39, 0.29) is 48.1 Å². The number of aromatic nitrogens is 4. The van der Waals surface area contributed by atoms with Crippen molar-refractivity contribution in [2.75, 3.05) is 44.6 Å². The molecular formula is C45H51F4N9O5S. The smallest absolute Gasteiger partial charge is 0.389 e. The monoisotopic (exact) mass is 905 g/mol. The van der Waals surface area contributed by atoms with Crippen LogP contribution >= 0.6 is 11.9 Å². The molecule has 3 saturated heterocycles. The van der Waals surface area contributed by atoms with Crippen LogP contribution in [0.2, 0.25) is 0 Å². The number of ether oxygens (including phenoxy) is 1. The number of carbonyl (C=O) groups excluding carboxylic acids is 3. The van der Waals surface area contributed by atoms with E-state index in [9.17, 15) is 32.7 Å². The van der Waals surface area contributed by atoms with E-state index in [1.807, 2.05) is 24.3 Å². The Balaban J connectivity index is 0.761. The van der Waals surface area contributed by atoms with Gasteiger partial charge in [0.2, 0.25) is 17.8 Å². The summed E-state index contributed by atoms with van der Waals surface area (Å²) in [5.41, 5.74) is -0.150. The fourth-order valence-electron chi connectivity index (χ4n) is 8.70. The molecule has 2 aromatic heterocycles. The molecule has 3 N–H and O–H groups in total. The van der Waals surface area contributed by atoms with Crippen LogP contribution in [0, 0.1) is 11.7 Å². The molecule has 0 spiro atoms. The number of rotatable bonds is 14. The molecule has 1 atom stereocenters. The van der Waals surface area contributed by atoms with Gasteiger partial charge in [0.15, 0.2) is 0 Å². The Morgan fingerprint density at radius 3 is 2.52 bits per heavy atom. The minimum atomic E-state index is -4.75. The molecule has 3 amide bonds. The van der Waals surface area contributed by atoms with Crippen molar-refractivity contribution < 1.29 is 41.8 Å². The second kappa shape index (κ2) is 19.1. The van der Waals surface area contributed by atoms with Crippen molar-refractivity contribution in [3.8, 4) is 11.3 Å². The van der Waals surface area contributed by atoms with Crippen LogP contribution < -0.4 is 10.6 Å². The Kier molecular flexibility index (Phi) is 13.5. The minimum Gasteiger partial charge on any atom is -0.389 e. The second-order valence-corrected chi connectivity index (χ2v) is 18.6. The van der Waals surface area contributed by atoms with Crippen LogP contribution in [0.5, 0.6) is 0 Å². The zero-order chi connectivity index (χ0) is 45.2. The molecule has 340 valence electrons. The molecular weight excluding hydrogens is 855 g/mol. The lowest BCUT2D eigenvalue weighted by Gasteiger charge is -2.37. The number of imide groups is 1. The number of amides is 3. The number of benzene rings is 2. The SMILES string of the molecule is CC(C)(O)Cn1cc(-c2nc(Nc3ccc(SN4CCC(CN5CCC(OC/C=C/c6cccc7c6CN(C6CCC(=O)NC6=O)C7=O)CC5)CC4)cc3F)ncc2C(F)(F)F)cn1. The molecule has 64 heavy (non-hydrogen) atoms. The average Bonchev–Trinajstić information content (AvgIpc) is 3.84. The summed E-state index contributed by atoms with van der Waals surface area (Å²) < 4.78 is 66.9. The number of aliphatic hydroxyl groups is 1. The van der Waals surface area contributed by atoms with Crippen LogP contribution in [0.15, 0.2) is 66.0 Å². The van der Waals surface area contributed by atoms with Crippen molar-refractivity contribution in [3.63, 3.8) is 0 Å². The summed E-state index contributed by atoms with van der Waals surface area (Å²) in [4.78, 5) is 49.9. The molecule has 14 nitrogen and oxygen atoms in total. The molecule has 3 fully saturated rings. The van der Waals surface area contributed by atoms with Gasteiger partial charge in [0, 0.05) is 74.1 Å². The van der Waals surface area contributed by atoms with Gasteiger partial charge in [-0.1, -0.05) is 24.3 Å². The Morgan fingerprint density at radius 2 is 1.80 bits per heavy atom. The summed E-state index contributed by atoms with van der Waals surface area (Å²) >= 11 is 1.48. The van der Waals surface area contributed by atoms with Crippen LogP contribution in [0.3, 0.4) is 0 Å². The quantitative estimate of drug-likeness (QED) is 0.0701. The van der Waals surface area contributed by atoms with Crippen molar-refractivity contribution >= 4 is 47.4 Å². The van der Waals surface area contributed by atoms with Gasteiger partial charge in [-0.15, -0.1) is 0 Å². The molecule has 4 aromatic rings. The van der Waals surface area contributed by atoms with Gasteiger partial charge in [0.25, 0.3) is 5.91 Å². The number of nitrogens with one attached hydrogen (secondary N) is 2. The maximum absolute atomic E-state index is 15.4. The van der Waals surface area contributed by atoms with Gasteiger partial charge in [-0.05, 0) is 99.2 Å². The van der Waals surface area contributed by atoms with E-state index >= 15 is 4.39 Å². The third-order valence-electron chi connectivity index (χ3n) is 11.9. The Hall–Kier alpha value is -5.21. The standard InChI is InChI=1S/C45H51F4N9O5S/c1-44(2,62)27-56-25-30(22-51-56)40-35(45(47,48)49)23-50-43(54-40)52-37-9-8-32(21-36(37)46)64-57-18-12-28(13-19-57)24-55-16-14-31(15-17-55)63-20-4-6-29-5-3-7-33-34(29)26-58(42(33)61)38-10-11-39(59)53-41(38)60/h3-9,21-23,25,28,31,38,62H,10-20,24,26-27H2,1-2H3,(H,50,52,54)(H,53,59,60)/b6-4+. The number of hydrogen-bond acceptors (Lipinski definition) is 12. The van der Waals surface area contributed by atoms with Gasteiger partial charge in [-0.3, -0.25) is 24.4 Å². The van der Waals surface area contributed by atoms with Gasteiger partial charge in [0.1, 0.15) is 17.4 Å². The number of piperidine rings is 3. The molecule has 0 saturated carbocycles. The molecule has 1 unspecified atom stereocenters. The highest BCUT2D eigenvalue weighted by Gasteiger charge is 2.40. The van der Waals surface area contributed by atoms with Crippen LogP contribution in [0.25, 0.3) is 17.3 Å². The summed E-state index contributed by atoms with van der Waals surface area (Å²) in [7, 11) is 0. The number of nitrogens with zero attached hydrogens (tertiary/aromatic N) is 7. The van der Waals surface area contributed by atoms with Gasteiger partial charge >= 0.3 is 6.18 Å². The second-order valence-electron chi connectivity index (χ2n) is 17.4. The first kappa shape index (κ1) is 45.4. The molecule has 19 heteroatoms. The summed E-state index contributed by atoms with van der Waals surface area (Å²) in [6, 6.07) is 9.59. The van der Waals surface area contributed by atoms with E-state index in [0.29, 0.717) is 42.1 Å². The third kappa shape index (κ3) is 11.0. The van der Waals surface area contributed by atoms with Crippen LogP contribution in [0.4, 0.5) is 29.2 Å². The van der Waals surface area contributed by atoms with E-state index in [0.717, 1.165) is 69.5 Å². The van der Waals surface area contributed by atoms with Crippen molar-refractivity contribution in [1.82, 2.24) is 39.2 Å². The molecule has 0 bridgehead atoms. The Bertz CT molecular complexity index is 2390. The normalized spacial score (nSPS) is 19.8. The van der Waals surface area contributed by atoms with Crippen molar-refractivity contribution in [1.29, 1.82) is 0 Å². The average molecular weight is 906 g/mol. The summed E-state index contributed by atoms with van der Waals surface area (Å²) in [5.74, 6) is -1.18. The van der Waals surface area contributed by atoms with Crippen molar-refractivity contribution in [2.24, 2.45) is 5.92 Å². The minimum absolute atomic E-state index is 0.0209. The molecule has 2 aromatic carbocycles. The zero-order valence-electron chi connectivity index (χ0n) is 35.6. The maximum atomic E-state index is 15.4. The van der Waals surface area contributed by atoms with Gasteiger partial charge in [-0.25, -0.2) is 18.7 Å². The molecule has 0 aliphatic carbocycles. The summed E-state index contributed by atoms with van der Waals surface area (Å²) in [6.07, 6.45) is 7.07. The van der Waals surface area contributed by atoms with E-state index < -0.39 is 40.8 Å². The number of likely N-dealkylation sites (tertiary alicyclic amines) is 1. The van der Waals surface area contributed by atoms with Crippen molar-refractivity contribution in [3.05, 3.63) is 89.1 Å². The van der Waals surface area contributed by atoms with Crippen molar-refractivity contribution in [2.45, 2.75) is 94.3 Å².